The standard InChI is InChI=1S/C28H23N3O5/c1-30-15-18(12-23-26(34)25-21(33)13-19(32)14-22(25)36-23)24-20(7-8-29-27(24)30)16-5-4-6-17(11-16)28(35)31-9-2-3-10-31/h4-8,11-15,32-33H,2-3,9-10H2,1H3/b23-12-. The van der Waals surface area contributed by atoms with Crippen molar-refractivity contribution < 1.29 is 24.5 Å². The molecule has 2 N–H and O–H groups in total. The van der Waals surface area contributed by atoms with Crippen molar-refractivity contribution in [3.8, 4) is 28.4 Å². The highest BCUT2D eigenvalue weighted by Gasteiger charge is 2.32. The number of nitrogens with zero attached hydrogens (tertiary/aromatic N) is 3. The number of phenolic OH excluding ortho intramolecular Hbond substituents is 2. The molecule has 180 valence electrons. The number of likely N-dealkylation sites (tertiary alicyclic amines) is 1. The maximum absolute atomic E-state index is 13.0. The number of aromatic hydroxyl groups is 2. The van der Waals surface area contributed by atoms with Gasteiger partial charge >= 0.3 is 0 Å². The van der Waals surface area contributed by atoms with Gasteiger partial charge in [-0.1, -0.05) is 12.1 Å². The highest BCUT2D eigenvalue weighted by molar-refractivity contribution is 6.17. The van der Waals surface area contributed by atoms with Crippen LogP contribution in [0.2, 0.25) is 0 Å². The van der Waals surface area contributed by atoms with Gasteiger partial charge < -0.3 is 24.4 Å². The van der Waals surface area contributed by atoms with Gasteiger partial charge in [0.1, 0.15) is 28.5 Å². The van der Waals surface area contributed by atoms with E-state index in [1.165, 1.54) is 6.07 Å². The largest absolute Gasteiger partial charge is 0.508 e. The molecule has 4 aromatic rings. The molecule has 0 aliphatic carbocycles. The Labute approximate surface area is 206 Å². The molecule has 0 atom stereocenters. The van der Waals surface area contributed by atoms with Crippen molar-refractivity contribution in [2.24, 2.45) is 7.05 Å². The van der Waals surface area contributed by atoms with Gasteiger partial charge in [0.2, 0.25) is 5.78 Å². The summed E-state index contributed by atoms with van der Waals surface area (Å²) in [6.45, 7) is 1.56. The van der Waals surface area contributed by atoms with E-state index >= 15 is 0 Å². The minimum Gasteiger partial charge on any atom is -0.508 e. The minimum absolute atomic E-state index is 0.0192. The molecule has 0 spiro atoms. The number of carbonyl (C=O) groups excluding carboxylic acids is 2. The van der Waals surface area contributed by atoms with Crippen LogP contribution < -0.4 is 4.74 Å². The number of rotatable bonds is 3. The molecule has 2 aromatic carbocycles. The highest BCUT2D eigenvalue weighted by atomic mass is 16.5. The molecule has 2 aliphatic rings. The first-order valence-corrected chi connectivity index (χ1v) is 11.7. The van der Waals surface area contributed by atoms with E-state index in [-0.39, 0.29) is 34.5 Å². The van der Waals surface area contributed by atoms with Crippen molar-refractivity contribution in [2.45, 2.75) is 12.8 Å². The topological polar surface area (TPSA) is 105 Å². The number of ether oxygens (including phenoxy) is 1. The number of ketones is 1. The van der Waals surface area contributed by atoms with E-state index in [0.29, 0.717) is 16.8 Å². The Hall–Kier alpha value is -4.59. The number of hydrogen-bond donors (Lipinski definition) is 2. The molecular weight excluding hydrogens is 458 g/mol. The van der Waals surface area contributed by atoms with E-state index < -0.39 is 5.78 Å². The summed E-state index contributed by atoms with van der Waals surface area (Å²) in [6, 6.07) is 11.9. The number of amides is 1. The van der Waals surface area contributed by atoms with Gasteiger partial charge in [0.15, 0.2) is 5.76 Å². The lowest BCUT2D eigenvalue weighted by Gasteiger charge is -2.16. The third-order valence-electron chi connectivity index (χ3n) is 6.72. The van der Waals surface area contributed by atoms with Crippen LogP contribution in [0.25, 0.3) is 28.2 Å². The number of hydrogen-bond acceptors (Lipinski definition) is 6. The number of benzene rings is 2. The second kappa shape index (κ2) is 8.27. The van der Waals surface area contributed by atoms with Crippen LogP contribution >= 0.6 is 0 Å². The highest BCUT2D eigenvalue weighted by Crippen LogP contribution is 2.41. The molecule has 0 unspecified atom stereocenters. The smallest absolute Gasteiger partial charge is 0.253 e. The SMILES string of the molecule is Cn1cc(/C=C2\Oc3cc(O)cc(O)c3C2=O)c2c(-c3cccc(C(=O)N4CCCC4)c3)ccnc21. The zero-order chi connectivity index (χ0) is 25.0. The van der Waals surface area contributed by atoms with Gasteiger partial charge in [-0.3, -0.25) is 9.59 Å². The molecule has 0 saturated carbocycles. The van der Waals surface area contributed by atoms with Crippen LogP contribution in [0.3, 0.4) is 0 Å². The van der Waals surface area contributed by atoms with Gasteiger partial charge in [-0.05, 0) is 48.2 Å². The third kappa shape index (κ3) is 3.50. The van der Waals surface area contributed by atoms with Crippen LogP contribution in [0, 0.1) is 0 Å². The fraction of sp³-hybridized carbons (Fsp3) is 0.179. The van der Waals surface area contributed by atoms with Crippen molar-refractivity contribution >= 4 is 28.8 Å². The molecule has 8 nitrogen and oxygen atoms in total. The van der Waals surface area contributed by atoms with Crippen molar-refractivity contribution in [1.29, 1.82) is 0 Å². The summed E-state index contributed by atoms with van der Waals surface area (Å²) >= 11 is 0. The fourth-order valence-corrected chi connectivity index (χ4v) is 5.03. The first kappa shape index (κ1) is 21.9. The van der Waals surface area contributed by atoms with E-state index in [0.717, 1.165) is 48.5 Å². The van der Waals surface area contributed by atoms with Crippen LogP contribution in [0.15, 0.2) is 60.6 Å². The summed E-state index contributed by atoms with van der Waals surface area (Å²) in [5, 5.41) is 20.7. The molecule has 0 bridgehead atoms. The molecule has 2 aromatic heterocycles. The van der Waals surface area contributed by atoms with Gasteiger partial charge in [-0.25, -0.2) is 4.98 Å². The molecule has 36 heavy (non-hydrogen) atoms. The van der Waals surface area contributed by atoms with Gasteiger partial charge in [-0.15, -0.1) is 0 Å². The lowest BCUT2D eigenvalue weighted by atomic mass is 9.98. The first-order chi connectivity index (χ1) is 17.4. The summed E-state index contributed by atoms with van der Waals surface area (Å²) in [6.07, 6.45) is 7.24. The summed E-state index contributed by atoms with van der Waals surface area (Å²) in [7, 11) is 1.87. The van der Waals surface area contributed by atoms with Crippen molar-refractivity contribution in [2.75, 3.05) is 13.1 Å². The number of fused-ring (bicyclic) bond motifs is 2. The number of aryl methyl sites for hydroxylation is 1. The Balaban J connectivity index is 1.45. The monoisotopic (exact) mass is 481 g/mol. The summed E-state index contributed by atoms with van der Waals surface area (Å²) in [5.41, 5.74) is 3.79. The van der Waals surface area contributed by atoms with E-state index in [1.807, 2.05) is 53.0 Å². The second-order valence-corrected chi connectivity index (χ2v) is 9.11. The molecule has 2 aliphatic heterocycles. The minimum atomic E-state index is -0.469. The van der Waals surface area contributed by atoms with Crippen LogP contribution in [0.5, 0.6) is 17.2 Å². The zero-order valence-corrected chi connectivity index (χ0v) is 19.6. The summed E-state index contributed by atoms with van der Waals surface area (Å²) in [5.74, 6) is -0.830. The number of carbonyl (C=O) groups is 2. The molecular formula is C28H23N3O5. The lowest BCUT2D eigenvalue weighted by Crippen LogP contribution is -2.27. The Bertz CT molecular complexity index is 1590. The number of aromatic nitrogens is 2. The Morgan fingerprint density at radius 2 is 1.92 bits per heavy atom. The Morgan fingerprint density at radius 3 is 2.72 bits per heavy atom. The fourth-order valence-electron chi connectivity index (χ4n) is 5.03. The average molecular weight is 482 g/mol. The Morgan fingerprint density at radius 1 is 1.11 bits per heavy atom. The number of phenols is 2. The third-order valence-corrected chi connectivity index (χ3v) is 6.72. The number of allylic oxidation sites excluding steroid dienone is 1. The van der Waals surface area contributed by atoms with E-state index in [9.17, 15) is 19.8 Å². The van der Waals surface area contributed by atoms with Crippen LogP contribution in [0.1, 0.15) is 39.1 Å². The number of pyridine rings is 1. The molecule has 1 saturated heterocycles. The van der Waals surface area contributed by atoms with Gasteiger partial charge in [0.05, 0.1) is 0 Å². The molecule has 0 radical (unpaired) electrons. The molecule has 4 heterocycles. The van der Waals surface area contributed by atoms with Gasteiger partial charge in [-0.2, -0.15) is 0 Å². The van der Waals surface area contributed by atoms with E-state index in [4.69, 9.17) is 4.74 Å². The van der Waals surface area contributed by atoms with Crippen molar-refractivity contribution in [3.05, 3.63) is 77.3 Å². The predicted octanol–water partition coefficient (Wildman–Crippen LogP) is 4.50. The maximum Gasteiger partial charge on any atom is 0.253 e. The van der Waals surface area contributed by atoms with Crippen molar-refractivity contribution in [1.82, 2.24) is 14.5 Å². The maximum atomic E-state index is 13.0. The molecule has 8 heteroatoms. The van der Waals surface area contributed by atoms with Crippen LogP contribution in [0.4, 0.5) is 0 Å². The molecule has 6 rings (SSSR count). The van der Waals surface area contributed by atoms with E-state index in [1.54, 1.807) is 12.3 Å². The van der Waals surface area contributed by atoms with Gasteiger partial charge in [0.25, 0.3) is 5.91 Å². The van der Waals surface area contributed by atoms with Crippen LogP contribution in [-0.2, 0) is 7.05 Å². The predicted molar refractivity (Wildman–Crippen MR) is 134 cm³/mol. The van der Waals surface area contributed by atoms with Crippen molar-refractivity contribution in [3.63, 3.8) is 0 Å². The molecule has 1 fully saturated rings. The average Bonchev–Trinajstić information content (AvgIpc) is 3.58. The quantitative estimate of drug-likeness (QED) is 0.418. The summed E-state index contributed by atoms with van der Waals surface area (Å²) < 4.78 is 7.57. The van der Waals surface area contributed by atoms with Crippen LogP contribution in [-0.4, -0.2) is 49.4 Å². The van der Waals surface area contributed by atoms with Gasteiger partial charge in [0, 0.05) is 61.2 Å². The molecule has 1 amide bonds. The normalized spacial score (nSPS) is 16.1. The summed E-state index contributed by atoms with van der Waals surface area (Å²) in [4.78, 5) is 32.4. The first-order valence-electron chi connectivity index (χ1n) is 11.7. The lowest BCUT2D eigenvalue weighted by molar-refractivity contribution is 0.0792. The Kier molecular flexibility index (Phi) is 5.03. The van der Waals surface area contributed by atoms with E-state index in [2.05, 4.69) is 4.98 Å². The number of Topliss-reactive ketones (excluding diaryl/α,β-unsaturated/α-hetero) is 1. The zero-order valence-electron chi connectivity index (χ0n) is 19.6. The second-order valence-electron chi connectivity index (χ2n) is 9.11.